The van der Waals surface area contributed by atoms with E-state index in [4.69, 9.17) is 5.73 Å². The van der Waals surface area contributed by atoms with Gasteiger partial charge in [0.1, 0.15) is 5.82 Å². The number of rotatable bonds is 4. The number of hydrogen-bond acceptors (Lipinski definition) is 2. The highest BCUT2D eigenvalue weighted by atomic mass is 19.1. The van der Waals surface area contributed by atoms with Gasteiger partial charge in [-0.3, -0.25) is 4.98 Å². The summed E-state index contributed by atoms with van der Waals surface area (Å²) in [6.45, 7) is 2.02. The third-order valence-corrected chi connectivity index (χ3v) is 3.30. The van der Waals surface area contributed by atoms with Crippen LogP contribution in [0.4, 0.5) is 4.39 Å². The monoisotopic (exact) mass is 244 g/mol. The van der Waals surface area contributed by atoms with Gasteiger partial charge in [-0.1, -0.05) is 19.1 Å². The molecule has 0 amide bonds. The highest BCUT2D eigenvalue weighted by Gasteiger charge is 2.25. The summed E-state index contributed by atoms with van der Waals surface area (Å²) in [5.74, 6) is -0.245. The average Bonchev–Trinajstić information content (AvgIpc) is 2.40. The lowest BCUT2D eigenvalue weighted by atomic mass is 9.83. The van der Waals surface area contributed by atoms with Gasteiger partial charge < -0.3 is 5.73 Å². The Morgan fingerprint density at radius 3 is 2.56 bits per heavy atom. The molecule has 1 aromatic carbocycles. The standard InChI is InChI=1S/C15H17FN2/c1-2-15(17,11-12-6-8-18-9-7-12)13-4-3-5-14(16)10-13/h3-10H,2,11,17H2,1H3. The first-order chi connectivity index (χ1) is 8.64. The molecule has 1 aromatic heterocycles. The molecule has 0 bridgehead atoms. The Labute approximate surface area is 107 Å². The molecule has 0 aliphatic heterocycles. The van der Waals surface area contributed by atoms with Crippen LogP contribution in [0.25, 0.3) is 0 Å². The zero-order valence-corrected chi connectivity index (χ0v) is 10.4. The maximum absolute atomic E-state index is 13.3. The van der Waals surface area contributed by atoms with E-state index in [1.807, 2.05) is 25.1 Å². The van der Waals surface area contributed by atoms with Crippen molar-refractivity contribution in [1.29, 1.82) is 0 Å². The molecule has 0 aliphatic carbocycles. The van der Waals surface area contributed by atoms with Crippen molar-refractivity contribution in [2.24, 2.45) is 5.73 Å². The van der Waals surface area contributed by atoms with E-state index in [1.165, 1.54) is 12.1 Å². The van der Waals surface area contributed by atoms with Crippen LogP contribution in [0.15, 0.2) is 48.8 Å². The number of pyridine rings is 1. The molecule has 1 unspecified atom stereocenters. The maximum Gasteiger partial charge on any atom is 0.123 e. The molecule has 1 heterocycles. The van der Waals surface area contributed by atoms with Gasteiger partial charge in [0.15, 0.2) is 0 Å². The summed E-state index contributed by atoms with van der Waals surface area (Å²) in [6.07, 6.45) is 4.92. The quantitative estimate of drug-likeness (QED) is 0.897. The summed E-state index contributed by atoms with van der Waals surface area (Å²) in [7, 11) is 0. The number of benzene rings is 1. The van der Waals surface area contributed by atoms with Crippen molar-refractivity contribution in [1.82, 2.24) is 4.98 Å². The lowest BCUT2D eigenvalue weighted by Gasteiger charge is -2.29. The molecule has 94 valence electrons. The van der Waals surface area contributed by atoms with E-state index < -0.39 is 5.54 Å². The number of hydrogen-bond donors (Lipinski definition) is 1. The fraction of sp³-hybridized carbons (Fsp3) is 0.267. The van der Waals surface area contributed by atoms with Crippen molar-refractivity contribution < 1.29 is 4.39 Å². The van der Waals surface area contributed by atoms with E-state index in [1.54, 1.807) is 18.5 Å². The van der Waals surface area contributed by atoms with Crippen LogP contribution in [-0.4, -0.2) is 4.98 Å². The molecule has 0 spiro atoms. The van der Waals surface area contributed by atoms with Crippen molar-refractivity contribution in [3.8, 4) is 0 Å². The average molecular weight is 244 g/mol. The molecule has 0 saturated carbocycles. The van der Waals surface area contributed by atoms with Gasteiger partial charge in [-0.2, -0.15) is 0 Å². The molecule has 0 fully saturated rings. The van der Waals surface area contributed by atoms with Gasteiger partial charge in [-0.15, -0.1) is 0 Å². The summed E-state index contributed by atoms with van der Waals surface area (Å²) in [5.41, 5.74) is 7.84. The van der Waals surface area contributed by atoms with Gasteiger partial charge in [0, 0.05) is 17.9 Å². The SMILES string of the molecule is CCC(N)(Cc1ccncc1)c1cccc(F)c1. The Morgan fingerprint density at radius 1 is 1.22 bits per heavy atom. The van der Waals surface area contributed by atoms with Crippen molar-refractivity contribution in [2.45, 2.75) is 25.3 Å². The first kappa shape index (κ1) is 12.7. The van der Waals surface area contributed by atoms with Crippen LogP contribution in [-0.2, 0) is 12.0 Å². The normalized spacial score (nSPS) is 14.2. The Hall–Kier alpha value is -1.74. The number of nitrogens with zero attached hydrogens (tertiary/aromatic N) is 1. The smallest absolute Gasteiger partial charge is 0.123 e. The van der Waals surface area contributed by atoms with E-state index in [0.29, 0.717) is 6.42 Å². The molecule has 0 saturated heterocycles. The largest absolute Gasteiger partial charge is 0.321 e. The Morgan fingerprint density at radius 2 is 1.94 bits per heavy atom. The van der Waals surface area contributed by atoms with Crippen molar-refractivity contribution in [2.75, 3.05) is 0 Å². The fourth-order valence-corrected chi connectivity index (χ4v) is 2.09. The number of aromatic nitrogens is 1. The van der Waals surface area contributed by atoms with Gasteiger partial charge in [0.05, 0.1) is 0 Å². The highest BCUT2D eigenvalue weighted by Crippen LogP contribution is 2.26. The number of nitrogens with two attached hydrogens (primary N) is 1. The van der Waals surface area contributed by atoms with E-state index in [9.17, 15) is 4.39 Å². The lowest BCUT2D eigenvalue weighted by molar-refractivity contribution is 0.422. The zero-order valence-electron chi connectivity index (χ0n) is 10.4. The lowest BCUT2D eigenvalue weighted by Crippen LogP contribution is -2.38. The molecule has 3 heteroatoms. The minimum Gasteiger partial charge on any atom is -0.321 e. The second-order valence-corrected chi connectivity index (χ2v) is 4.55. The van der Waals surface area contributed by atoms with E-state index >= 15 is 0 Å². The van der Waals surface area contributed by atoms with Crippen LogP contribution < -0.4 is 5.73 Å². The first-order valence-corrected chi connectivity index (χ1v) is 6.08. The van der Waals surface area contributed by atoms with Gasteiger partial charge >= 0.3 is 0 Å². The van der Waals surface area contributed by atoms with Crippen LogP contribution in [0.2, 0.25) is 0 Å². The Kier molecular flexibility index (Phi) is 3.72. The molecular weight excluding hydrogens is 227 g/mol. The second kappa shape index (κ2) is 5.27. The summed E-state index contributed by atoms with van der Waals surface area (Å²) >= 11 is 0. The molecule has 2 N–H and O–H groups in total. The van der Waals surface area contributed by atoms with Crippen molar-refractivity contribution >= 4 is 0 Å². The Bertz CT molecular complexity index is 513. The van der Waals surface area contributed by atoms with Gasteiger partial charge in [-0.05, 0) is 48.2 Å². The van der Waals surface area contributed by atoms with Gasteiger partial charge in [0.25, 0.3) is 0 Å². The number of halogens is 1. The Balaban J connectivity index is 2.31. The molecule has 2 nitrogen and oxygen atoms in total. The molecule has 2 rings (SSSR count). The van der Waals surface area contributed by atoms with E-state index in [-0.39, 0.29) is 5.82 Å². The summed E-state index contributed by atoms with van der Waals surface area (Å²) in [6, 6.07) is 10.4. The van der Waals surface area contributed by atoms with Crippen LogP contribution >= 0.6 is 0 Å². The zero-order chi connectivity index (χ0) is 13.0. The van der Waals surface area contributed by atoms with Crippen molar-refractivity contribution in [3.63, 3.8) is 0 Å². The van der Waals surface area contributed by atoms with E-state index in [2.05, 4.69) is 4.98 Å². The van der Waals surface area contributed by atoms with Crippen molar-refractivity contribution in [3.05, 3.63) is 65.7 Å². The molecule has 0 radical (unpaired) electrons. The topological polar surface area (TPSA) is 38.9 Å². The highest BCUT2D eigenvalue weighted by molar-refractivity contribution is 5.28. The molecule has 1 atom stereocenters. The predicted molar refractivity (Wildman–Crippen MR) is 70.5 cm³/mol. The van der Waals surface area contributed by atoms with Crippen LogP contribution in [0, 0.1) is 5.82 Å². The summed E-state index contributed by atoms with van der Waals surface area (Å²) in [5, 5.41) is 0. The third-order valence-electron chi connectivity index (χ3n) is 3.30. The maximum atomic E-state index is 13.3. The van der Waals surface area contributed by atoms with Crippen LogP contribution in [0.5, 0.6) is 0 Å². The molecular formula is C15H17FN2. The molecule has 18 heavy (non-hydrogen) atoms. The summed E-state index contributed by atoms with van der Waals surface area (Å²) < 4.78 is 13.3. The summed E-state index contributed by atoms with van der Waals surface area (Å²) in [4.78, 5) is 3.99. The third kappa shape index (κ3) is 2.74. The minimum atomic E-state index is -0.538. The fourth-order valence-electron chi connectivity index (χ4n) is 2.09. The molecule has 2 aromatic rings. The molecule has 0 aliphatic rings. The van der Waals surface area contributed by atoms with Gasteiger partial charge in [-0.25, -0.2) is 4.39 Å². The van der Waals surface area contributed by atoms with Crippen LogP contribution in [0.1, 0.15) is 24.5 Å². The minimum absolute atomic E-state index is 0.245. The van der Waals surface area contributed by atoms with Gasteiger partial charge in [0.2, 0.25) is 0 Å². The predicted octanol–water partition coefficient (Wildman–Crippen LogP) is 3.03. The second-order valence-electron chi connectivity index (χ2n) is 4.55. The van der Waals surface area contributed by atoms with E-state index in [0.717, 1.165) is 17.5 Å². The van der Waals surface area contributed by atoms with Crippen LogP contribution in [0.3, 0.4) is 0 Å². The first-order valence-electron chi connectivity index (χ1n) is 6.08.